The molecule has 0 aliphatic carbocycles. The monoisotopic (exact) mass is 367 g/mol. The number of nitrogen functional groups attached to an aromatic ring is 1. The summed E-state index contributed by atoms with van der Waals surface area (Å²) in [6.45, 7) is 1.97. The molecule has 2 rings (SSSR count). The fourth-order valence-electron chi connectivity index (χ4n) is 2.31. The van der Waals surface area contributed by atoms with Crippen LogP contribution in [0.5, 0.6) is 0 Å². The van der Waals surface area contributed by atoms with Crippen LogP contribution in [-0.2, 0) is 21.1 Å². The van der Waals surface area contributed by atoms with E-state index in [0.717, 1.165) is 11.3 Å². The largest absolute Gasteiger partial charge is 0.375 e. The topological polar surface area (TPSA) is 102 Å². The zero-order valence-corrected chi connectivity index (χ0v) is 15.3. The first kappa shape index (κ1) is 18.4. The third-order valence-corrected chi connectivity index (χ3v) is 5.48. The molecule has 130 valence electrons. The van der Waals surface area contributed by atoms with Crippen molar-refractivity contribution < 1.29 is 13.2 Å². The number of amides is 1. The third kappa shape index (κ3) is 5.04. The van der Waals surface area contributed by atoms with Crippen molar-refractivity contribution in [2.24, 2.45) is 0 Å². The molecule has 0 spiro atoms. The summed E-state index contributed by atoms with van der Waals surface area (Å²) >= 11 is 1.36. The number of thiazole rings is 1. The van der Waals surface area contributed by atoms with Crippen LogP contribution in [0.3, 0.4) is 0 Å². The van der Waals surface area contributed by atoms with E-state index in [9.17, 15) is 13.2 Å². The molecule has 0 aliphatic rings. The maximum Gasteiger partial charge on any atom is 0.220 e. The van der Waals surface area contributed by atoms with Crippen LogP contribution in [0, 0.1) is 0 Å². The highest BCUT2D eigenvalue weighted by atomic mass is 32.2. The molecule has 0 unspecified atom stereocenters. The fourth-order valence-corrected chi connectivity index (χ4v) is 3.54. The highest BCUT2D eigenvalue weighted by Crippen LogP contribution is 2.20. The zero-order valence-electron chi connectivity index (χ0n) is 13.7. The van der Waals surface area contributed by atoms with Gasteiger partial charge in [0.15, 0.2) is 15.0 Å². The van der Waals surface area contributed by atoms with Gasteiger partial charge in [0.1, 0.15) is 0 Å². The number of sulfone groups is 1. The molecule has 6 nitrogen and oxygen atoms in total. The van der Waals surface area contributed by atoms with Crippen molar-refractivity contribution in [1.29, 1.82) is 0 Å². The van der Waals surface area contributed by atoms with Crippen molar-refractivity contribution in [1.82, 2.24) is 10.3 Å². The van der Waals surface area contributed by atoms with Crippen molar-refractivity contribution in [3.63, 3.8) is 0 Å². The Balaban J connectivity index is 1.96. The number of hydrogen-bond acceptors (Lipinski definition) is 6. The first-order chi connectivity index (χ1) is 11.3. The van der Waals surface area contributed by atoms with Gasteiger partial charge in [-0.15, -0.1) is 11.3 Å². The summed E-state index contributed by atoms with van der Waals surface area (Å²) in [5, 5.41) is 5.33. The fraction of sp³-hybridized carbons (Fsp3) is 0.375. The number of nitrogens with two attached hydrogens (primary N) is 1. The van der Waals surface area contributed by atoms with Crippen LogP contribution in [0.2, 0.25) is 0 Å². The van der Waals surface area contributed by atoms with Gasteiger partial charge in [-0.25, -0.2) is 13.4 Å². The second kappa shape index (κ2) is 7.76. The Kier molecular flexibility index (Phi) is 5.95. The molecule has 1 amide bonds. The standard InChI is InChI=1S/C16H21N3O3S2/c1-3-14(11-4-7-13(8-5-11)24(2,21)22)19-15(20)9-6-12-10-23-16(17)18-12/h4-5,7-8,10,14H,3,6,9H2,1-2H3,(H2,17,18)(H,19,20)/t14-/m1/s1. The Hall–Kier alpha value is -1.93. The molecule has 2 aromatic rings. The zero-order chi connectivity index (χ0) is 17.7. The number of hydrogen-bond donors (Lipinski definition) is 2. The van der Waals surface area contributed by atoms with Gasteiger partial charge in [0.05, 0.1) is 16.6 Å². The lowest BCUT2D eigenvalue weighted by molar-refractivity contribution is -0.121. The van der Waals surface area contributed by atoms with Gasteiger partial charge in [0.25, 0.3) is 0 Å². The van der Waals surface area contributed by atoms with Gasteiger partial charge in [-0.05, 0) is 30.5 Å². The minimum Gasteiger partial charge on any atom is -0.375 e. The first-order valence-corrected chi connectivity index (χ1v) is 10.4. The number of carbonyl (C=O) groups excluding carboxylic acids is 1. The third-order valence-electron chi connectivity index (χ3n) is 3.63. The van der Waals surface area contributed by atoms with E-state index < -0.39 is 9.84 Å². The highest BCUT2D eigenvalue weighted by molar-refractivity contribution is 7.90. The SMILES string of the molecule is CC[C@@H](NC(=O)CCc1csc(N)n1)c1ccc(S(C)(=O)=O)cc1. The lowest BCUT2D eigenvalue weighted by atomic mass is 10.0. The minimum absolute atomic E-state index is 0.0689. The Bertz CT molecular complexity index is 798. The maximum absolute atomic E-state index is 12.1. The van der Waals surface area contributed by atoms with Crippen LogP contribution < -0.4 is 11.1 Å². The van der Waals surface area contributed by atoms with E-state index >= 15 is 0 Å². The summed E-state index contributed by atoms with van der Waals surface area (Å²) in [5.41, 5.74) is 7.27. The van der Waals surface area contributed by atoms with Gasteiger partial charge in [0, 0.05) is 18.1 Å². The molecular formula is C16H21N3O3S2. The number of aryl methyl sites for hydroxylation is 1. The van der Waals surface area contributed by atoms with E-state index in [0.29, 0.717) is 24.4 Å². The molecule has 0 bridgehead atoms. The summed E-state index contributed by atoms with van der Waals surface area (Å²) in [4.78, 5) is 16.5. The Morgan fingerprint density at radius 1 is 1.33 bits per heavy atom. The first-order valence-electron chi connectivity index (χ1n) is 7.59. The number of carbonyl (C=O) groups is 1. The second-order valence-corrected chi connectivity index (χ2v) is 8.45. The molecule has 0 aliphatic heterocycles. The van der Waals surface area contributed by atoms with E-state index in [1.165, 1.54) is 17.6 Å². The van der Waals surface area contributed by atoms with Crippen molar-refractivity contribution in [2.75, 3.05) is 12.0 Å². The molecule has 0 fully saturated rings. The molecular weight excluding hydrogens is 346 g/mol. The lowest BCUT2D eigenvalue weighted by Gasteiger charge is -2.17. The highest BCUT2D eigenvalue weighted by Gasteiger charge is 2.14. The Morgan fingerprint density at radius 2 is 2.00 bits per heavy atom. The van der Waals surface area contributed by atoms with Crippen molar-refractivity contribution >= 4 is 32.2 Å². The van der Waals surface area contributed by atoms with Crippen molar-refractivity contribution in [3.8, 4) is 0 Å². The van der Waals surface area contributed by atoms with Crippen molar-refractivity contribution in [2.45, 2.75) is 37.1 Å². The van der Waals surface area contributed by atoms with Gasteiger partial charge in [-0.2, -0.15) is 0 Å². The number of nitrogens with one attached hydrogen (secondary N) is 1. The molecule has 1 heterocycles. The smallest absolute Gasteiger partial charge is 0.220 e. The number of rotatable bonds is 7. The quantitative estimate of drug-likeness (QED) is 0.782. The molecule has 1 atom stereocenters. The summed E-state index contributed by atoms with van der Waals surface area (Å²) in [6.07, 6.45) is 2.77. The predicted octanol–water partition coefficient (Wildman–Crippen LogP) is 2.33. The number of benzene rings is 1. The lowest BCUT2D eigenvalue weighted by Crippen LogP contribution is -2.28. The van der Waals surface area contributed by atoms with Gasteiger partial charge < -0.3 is 11.1 Å². The van der Waals surface area contributed by atoms with E-state index in [4.69, 9.17) is 5.73 Å². The number of nitrogens with zero attached hydrogens (tertiary/aromatic N) is 1. The second-order valence-electron chi connectivity index (χ2n) is 5.55. The normalized spacial score (nSPS) is 12.8. The van der Waals surface area contributed by atoms with Crippen molar-refractivity contribution in [3.05, 3.63) is 40.9 Å². The molecule has 1 aromatic carbocycles. The summed E-state index contributed by atoms with van der Waals surface area (Å²) < 4.78 is 23.0. The van der Waals surface area contributed by atoms with E-state index in [-0.39, 0.29) is 16.8 Å². The molecule has 24 heavy (non-hydrogen) atoms. The minimum atomic E-state index is -3.22. The van der Waals surface area contributed by atoms with Crippen LogP contribution in [0.1, 0.15) is 37.1 Å². The van der Waals surface area contributed by atoms with E-state index in [2.05, 4.69) is 10.3 Å². The molecule has 3 N–H and O–H groups in total. The Morgan fingerprint density at radius 3 is 2.50 bits per heavy atom. The van der Waals surface area contributed by atoms with Gasteiger partial charge in [-0.1, -0.05) is 19.1 Å². The molecule has 0 saturated carbocycles. The van der Waals surface area contributed by atoms with Crippen LogP contribution in [0.25, 0.3) is 0 Å². The van der Waals surface area contributed by atoms with Gasteiger partial charge >= 0.3 is 0 Å². The summed E-state index contributed by atoms with van der Waals surface area (Å²) in [7, 11) is -3.22. The van der Waals surface area contributed by atoms with Crippen LogP contribution in [0.15, 0.2) is 34.5 Å². The van der Waals surface area contributed by atoms with E-state index in [1.807, 2.05) is 12.3 Å². The summed E-state index contributed by atoms with van der Waals surface area (Å²) in [6, 6.07) is 6.47. The molecule has 0 radical (unpaired) electrons. The van der Waals surface area contributed by atoms with Crippen LogP contribution in [0.4, 0.5) is 5.13 Å². The molecule has 8 heteroatoms. The average molecular weight is 367 g/mol. The molecule has 0 saturated heterocycles. The number of anilines is 1. The molecule has 1 aromatic heterocycles. The maximum atomic E-state index is 12.1. The van der Waals surface area contributed by atoms with Gasteiger partial charge in [-0.3, -0.25) is 4.79 Å². The Labute approximate surface area is 146 Å². The average Bonchev–Trinajstić information content (AvgIpc) is 2.95. The number of aromatic nitrogens is 1. The van der Waals surface area contributed by atoms with Crippen LogP contribution >= 0.6 is 11.3 Å². The summed E-state index contributed by atoms with van der Waals surface area (Å²) in [5.74, 6) is -0.0689. The predicted molar refractivity (Wildman–Crippen MR) is 95.6 cm³/mol. The van der Waals surface area contributed by atoms with E-state index in [1.54, 1.807) is 24.3 Å². The van der Waals surface area contributed by atoms with Gasteiger partial charge in [0.2, 0.25) is 5.91 Å². The van der Waals surface area contributed by atoms with Crippen LogP contribution in [-0.4, -0.2) is 25.6 Å².